The normalized spacial score (nSPS) is 11.5. The summed E-state index contributed by atoms with van der Waals surface area (Å²) in [5.74, 6) is 0. The van der Waals surface area contributed by atoms with Gasteiger partial charge in [0.05, 0.1) is 37.2 Å². The lowest BCUT2D eigenvalue weighted by Crippen LogP contribution is -1.92. The molecule has 4 N–H and O–H groups in total. The van der Waals surface area contributed by atoms with Crippen molar-refractivity contribution < 1.29 is 17.7 Å². The highest BCUT2D eigenvalue weighted by Crippen LogP contribution is 2.49. The molecule has 0 saturated carbocycles. The van der Waals surface area contributed by atoms with Crippen molar-refractivity contribution in [2.45, 2.75) is 0 Å². The Bertz CT molecular complexity index is 9020. The number of hydrogen-bond donors (Lipinski definition) is 4. The summed E-state index contributed by atoms with van der Waals surface area (Å²) in [6.07, 6.45) is 1.50. The Kier molecular flexibility index (Phi) is 20.7. The molecule has 0 radical (unpaired) electrons. The maximum atomic E-state index is 6.59. The predicted molar refractivity (Wildman–Crippen MR) is 563 cm³/mol. The number of nitrogens with one attached hydrogen (secondary N) is 4. The van der Waals surface area contributed by atoms with Gasteiger partial charge in [-0.25, -0.2) is 9.97 Å². The lowest BCUT2D eigenvalue weighted by molar-refractivity contribution is 0.602. The van der Waals surface area contributed by atoms with Crippen LogP contribution in [-0.2, 0) is 0 Å². The van der Waals surface area contributed by atoms with Crippen LogP contribution in [0.1, 0.15) is 0 Å². The van der Waals surface area contributed by atoms with Gasteiger partial charge in [0.15, 0.2) is 12.0 Å². The molecule has 133 heavy (non-hydrogen) atoms. The van der Waals surface area contributed by atoms with E-state index in [0.717, 1.165) is 167 Å². The Morgan fingerprint density at radius 1 is 0.218 bits per heavy atom. The Labute approximate surface area is 776 Å². The third-order valence-corrected chi connectivity index (χ3v) is 27.9. The van der Waals surface area contributed by atoms with Gasteiger partial charge in [0, 0.05) is 119 Å². The molecule has 0 unspecified atom stereocenters. The average Bonchev–Trinajstić information content (AvgIpc) is 1.59. The van der Waals surface area contributed by atoms with Crippen LogP contribution < -0.4 is 21.3 Å². The third kappa shape index (κ3) is 15.6. The average molecular weight is 1760 g/mol. The quantitative estimate of drug-likeness (QED) is 0.0836. The van der Waals surface area contributed by atoms with Crippen LogP contribution in [0.15, 0.2) is 466 Å². The van der Waals surface area contributed by atoms with Crippen LogP contribution in [0.5, 0.6) is 0 Å². The summed E-state index contributed by atoms with van der Waals surface area (Å²) in [5, 5.41) is 28.7. The minimum atomic E-state index is 0.795. The van der Waals surface area contributed by atoms with Crippen molar-refractivity contribution in [3.63, 3.8) is 0 Å². The highest BCUT2D eigenvalue weighted by atomic mass is 32.1. The number of fused-ring (bicyclic) bond motifs is 19. The monoisotopic (exact) mass is 1760 g/mol. The summed E-state index contributed by atoms with van der Waals surface area (Å²) < 4.78 is 30.9. The van der Waals surface area contributed by atoms with E-state index in [4.69, 9.17) is 17.7 Å². The van der Waals surface area contributed by atoms with E-state index in [-0.39, 0.29) is 0 Å². The molecule has 0 amide bonds. The Morgan fingerprint density at radius 2 is 0.729 bits per heavy atom. The van der Waals surface area contributed by atoms with Gasteiger partial charge in [0.25, 0.3) is 0 Å². The zero-order valence-corrected chi connectivity index (χ0v) is 73.9. The molecule has 0 aliphatic heterocycles. The number of rotatable bonds is 14. The van der Waals surface area contributed by atoms with Gasteiger partial charge in [-0.2, -0.15) is 0 Å². The van der Waals surface area contributed by atoms with Crippen molar-refractivity contribution in [3.05, 3.63) is 449 Å². The van der Waals surface area contributed by atoms with Crippen LogP contribution in [-0.4, -0.2) is 9.97 Å². The zero-order chi connectivity index (χ0) is 88.1. The molecule has 0 saturated heterocycles. The third-order valence-electron chi connectivity index (χ3n) is 24.7. The van der Waals surface area contributed by atoms with Crippen molar-refractivity contribution in [3.8, 4) is 66.8 Å². The molecule has 630 valence electrons. The molecule has 7 heterocycles. The molecule has 27 rings (SSSR count). The SMILES string of the molecule is c1ccc(-c2ccc(Nc3cc(-c4ccc5ncoc5c4)cc4c3sc3ccccc34)cc2)cc1.c1ccc(-c2ccc(Nc3cc(-c4ccccc4)c4sc5ccccc5c4c3)cc2)cc1.c1ccc(Nc2ccc(-c3ccccc3)c3oc4c5ccccc5ccc4c23)cc1.c1ccc2c(c1)oc1ccc(Nc3cc(-c4ccc5scnc5c4)c4oc5ccccc5c4c3)cc12. The molecule has 13 heteroatoms. The van der Waals surface area contributed by atoms with Gasteiger partial charge in [0.2, 0.25) is 0 Å². The van der Waals surface area contributed by atoms with Gasteiger partial charge in [0.1, 0.15) is 39.0 Å². The van der Waals surface area contributed by atoms with Gasteiger partial charge in [-0.1, -0.05) is 279 Å². The number of para-hydroxylation sites is 3. The summed E-state index contributed by atoms with van der Waals surface area (Å²) in [4.78, 5) is 8.79. The van der Waals surface area contributed by atoms with Gasteiger partial charge < -0.3 is 38.9 Å². The van der Waals surface area contributed by atoms with Crippen LogP contribution in [0.2, 0.25) is 0 Å². The lowest BCUT2D eigenvalue weighted by atomic mass is 10.00. The van der Waals surface area contributed by atoms with Crippen molar-refractivity contribution in [2.75, 3.05) is 21.3 Å². The highest BCUT2D eigenvalue weighted by molar-refractivity contribution is 7.26. The van der Waals surface area contributed by atoms with Crippen LogP contribution in [0.4, 0.5) is 45.5 Å². The lowest BCUT2D eigenvalue weighted by Gasteiger charge is -2.12. The molecular weight excluding hydrogens is 1690 g/mol. The first-order valence-corrected chi connectivity index (χ1v) is 46.7. The second kappa shape index (κ2) is 34.6. The van der Waals surface area contributed by atoms with Gasteiger partial charge in [-0.15, -0.1) is 34.0 Å². The fourth-order valence-corrected chi connectivity index (χ4v) is 21.3. The van der Waals surface area contributed by atoms with Crippen molar-refractivity contribution in [2.24, 2.45) is 0 Å². The Morgan fingerprint density at radius 3 is 1.43 bits per heavy atom. The summed E-state index contributed by atoms with van der Waals surface area (Å²) >= 11 is 5.35. The number of furan rings is 3. The zero-order valence-electron chi connectivity index (χ0n) is 71.5. The van der Waals surface area contributed by atoms with E-state index in [2.05, 4.69) is 389 Å². The Hall–Kier alpha value is -16.9. The van der Waals surface area contributed by atoms with Gasteiger partial charge in [-0.3, -0.25) is 0 Å². The summed E-state index contributed by atoms with van der Waals surface area (Å²) in [6.45, 7) is 0. The Balaban J connectivity index is 0.0000000978. The largest absolute Gasteiger partial charge is 0.456 e. The van der Waals surface area contributed by atoms with Crippen molar-refractivity contribution >= 4 is 218 Å². The summed E-state index contributed by atoms with van der Waals surface area (Å²) in [6, 6.07) is 153. The molecule has 0 aliphatic carbocycles. The number of anilines is 8. The van der Waals surface area contributed by atoms with E-state index in [1.54, 1.807) is 11.3 Å². The van der Waals surface area contributed by atoms with E-state index in [0.29, 0.717) is 0 Å². The van der Waals surface area contributed by atoms with E-state index in [1.165, 1.54) is 90.2 Å². The summed E-state index contributed by atoms with van der Waals surface area (Å²) in [5.41, 5.74) is 32.4. The minimum Gasteiger partial charge on any atom is -0.456 e. The molecule has 0 aliphatic rings. The summed E-state index contributed by atoms with van der Waals surface area (Å²) in [7, 11) is 0. The molecular formula is C120H78N6O4S3. The van der Waals surface area contributed by atoms with E-state index in [9.17, 15) is 0 Å². The fraction of sp³-hybridized carbons (Fsp3) is 0. The van der Waals surface area contributed by atoms with Crippen molar-refractivity contribution in [1.82, 2.24) is 9.97 Å². The van der Waals surface area contributed by atoms with Crippen LogP contribution >= 0.6 is 34.0 Å². The molecule has 7 aromatic heterocycles. The second-order valence-electron chi connectivity index (χ2n) is 33.0. The molecule has 0 spiro atoms. The first-order chi connectivity index (χ1) is 65.8. The number of aromatic nitrogens is 2. The van der Waals surface area contributed by atoms with E-state index >= 15 is 0 Å². The molecule has 0 atom stereocenters. The smallest absolute Gasteiger partial charge is 0.181 e. The van der Waals surface area contributed by atoms with Crippen LogP contribution in [0, 0.1) is 0 Å². The highest BCUT2D eigenvalue weighted by Gasteiger charge is 2.22. The number of thiazole rings is 1. The molecule has 20 aromatic carbocycles. The van der Waals surface area contributed by atoms with Crippen LogP contribution in [0.25, 0.3) is 205 Å². The van der Waals surface area contributed by atoms with E-state index in [1.807, 2.05) is 107 Å². The maximum absolute atomic E-state index is 6.59. The fourth-order valence-electron chi connectivity index (χ4n) is 18.3. The number of nitrogens with zero attached hydrogens (tertiary/aromatic N) is 2. The first kappa shape index (κ1) is 79.5. The number of oxazole rings is 1. The van der Waals surface area contributed by atoms with Crippen molar-refractivity contribution in [1.29, 1.82) is 0 Å². The van der Waals surface area contributed by atoms with E-state index < -0.39 is 0 Å². The second-order valence-corrected chi connectivity index (χ2v) is 36.0. The van der Waals surface area contributed by atoms with Crippen LogP contribution in [0.3, 0.4) is 0 Å². The maximum Gasteiger partial charge on any atom is 0.181 e. The predicted octanol–water partition coefficient (Wildman–Crippen LogP) is 36.1. The topological polar surface area (TPSA) is 126 Å². The van der Waals surface area contributed by atoms with Gasteiger partial charge >= 0.3 is 0 Å². The molecule has 0 fully saturated rings. The molecule has 0 bridgehead atoms. The standard InChI is InChI=1S/C31H18N2O2S.C31H20N2OS.C30H21NS.C28H19NO/c1-3-7-27-21(5-1)24-14-19(10-11-29(24)34-27)33-20-15-23(18-9-12-30-26(13-18)32-17-36-30)31-25(16-20)22-6-2-4-8-28(22)35-31;1-2-6-20(7-3-1)21-10-13-24(14-11-21)33-28-17-23(22-12-15-27-29(18-22)34-19-32-27)16-26-25-8-4-5-9-30(25)35-31(26)28;1-3-9-21(10-4-1)22-15-17-24(18-16-22)31-25-19-27(23-11-5-2-6-12-23)30-28(20-25)26-13-7-8-14-29(26)32-30;1-3-9-19(10-4-1)23-17-18-25(29-21-12-5-2-6-13-21)26-24-16-15-20-11-7-8-14-22(20)27(24)30-28(23)26/h1-17,33H;1-19,33H;1-20,31H;1-18,29H. The number of thiophene rings is 2. The van der Waals surface area contributed by atoms with Gasteiger partial charge in [-0.05, 0) is 213 Å². The molecule has 10 nitrogen and oxygen atoms in total. The molecule has 27 aromatic rings. The number of benzene rings is 20. The first-order valence-electron chi connectivity index (χ1n) is 44.2. The number of hydrogen-bond acceptors (Lipinski definition) is 13. The minimum absolute atomic E-state index is 0.795.